The fourth-order valence-electron chi connectivity index (χ4n) is 5.71. The Morgan fingerprint density at radius 2 is 1.20 bits per heavy atom. The smallest absolute Gasteiger partial charge is 0.0541 e. The molecule has 0 amide bonds. The van der Waals surface area contributed by atoms with Crippen LogP contribution in [0.1, 0.15) is 55.8 Å². The third-order valence-electron chi connectivity index (χ3n) is 7.47. The highest BCUT2D eigenvalue weighted by Gasteiger charge is 2.18. The third kappa shape index (κ3) is 4.42. The number of hydrogen-bond acceptors (Lipinski definition) is 0. The molecule has 2 nitrogen and oxygen atoms in total. The number of benzene rings is 3. The predicted molar refractivity (Wildman–Crippen MR) is 178 cm³/mol. The second kappa shape index (κ2) is 11.5. The topological polar surface area (TPSA) is 9.86 Å². The summed E-state index contributed by atoms with van der Waals surface area (Å²) in [5.74, 6) is 0. The quantitative estimate of drug-likeness (QED) is 0.180. The Hall–Kier alpha value is -4.82. The normalized spacial score (nSPS) is 12.8. The molecule has 2 heteroatoms. The Morgan fingerprint density at radius 3 is 1.80 bits per heavy atom. The molecular formula is C38H36N2. The first-order valence-electron chi connectivity index (χ1n) is 13.8. The van der Waals surface area contributed by atoms with Gasteiger partial charge < -0.3 is 9.13 Å². The molecule has 0 spiro atoms. The van der Waals surface area contributed by atoms with E-state index in [0.717, 1.165) is 33.9 Å². The van der Waals surface area contributed by atoms with Crippen molar-refractivity contribution in [2.24, 2.45) is 0 Å². The lowest BCUT2D eigenvalue weighted by molar-refractivity contribution is 1.10. The fraction of sp³-hybridized carbons (Fsp3) is 0.105. The predicted octanol–water partition coefficient (Wildman–Crippen LogP) is 10.9. The summed E-state index contributed by atoms with van der Waals surface area (Å²) in [6.45, 7) is 16.6. The highest BCUT2D eigenvalue weighted by atomic mass is 15.0. The van der Waals surface area contributed by atoms with Crippen molar-refractivity contribution in [3.8, 4) is 5.69 Å². The van der Waals surface area contributed by atoms with E-state index < -0.39 is 0 Å². The molecule has 0 atom stereocenters. The average molecular weight is 521 g/mol. The maximum atomic E-state index is 4.14. The number of para-hydroxylation sites is 2. The van der Waals surface area contributed by atoms with Crippen molar-refractivity contribution in [1.29, 1.82) is 0 Å². The Balaban J connectivity index is 1.72. The maximum Gasteiger partial charge on any atom is 0.0541 e. The van der Waals surface area contributed by atoms with Crippen molar-refractivity contribution in [3.63, 3.8) is 0 Å². The van der Waals surface area contributed by atoms with Crippen molar-refractivity contribution in [2.75, 3.05) is 0 Å². The zero-order chi connectivity index (χ0) is 28.2. The Labute approximate surface area is 237 Å². The van der Waals surface area contributed by atoms with E-state index in [4.69, 9.17) is 0 Å². The summed E-state index contributed by atoms with van der Waals surface area (Å²) >= 11 is 0. The van der Waals surface area contributed by atoms with Gasteiger partial charge >= 0.3 is 0 Å². The standard InChI is InChI=1S/C38H36N2/c1-7-16-34(40-36(18-9-3)31(11-5)33-20-13-15-22-38(33)40)27(6)28-23-25-29(26-24-28)39-35(17-8-2)30(10-4)32-19-12-14-21-37(32)39/h7-26H,4-5H2,1-3,6H3/b16-7-,17-8-,18-9-,34-27-. The molecule has 5 aromatic rings. The minimum Gasteiger partial charge on any atom is -0.309 e. The van der Waals surface area contributed by atoms with Crippen molar-refractivity contribution < 1.29 is 0 Å². The lowest BCUT2D eigenvalue weighted by Gasteiger charge is -2.16. The minimum absolute atomic E-state index is 1.12. The molecule has 2 heterocycles. The lowest BCUT2D eigenvalue weighted by atomic mass is 10.0. The van der Waals surface area contributed by atoms with Gasteiger partial charge in [-0.05, 0) is 81.3 Å². The van der Waals surface area contributed by atoms with Crippen LogP contribution in [0, 0.1) is 0 Å². The second-order valence-corrected chi connectivity index (χ2v) is 9.77. The van der Waals surface area contributed by atoms with Crippen molar-refractivity contribution in [1.82, 2.24) is 9.13 Å². The van der Waals surface area contributed by atoms with Gasteiger partial charge in [-0.2, -0.15) is 0 Å². The van der Waals surface area contributed by atoms with Crippen LogP contribution in [0.5, 0.6) is 0 Å². The lowest BCUT2D eigenvalue weighted by Crippen LogP contribution is -2.01. The maximum absolute atomic E-state index is 4.14. The Bertz CT molecular complexity index is 1840. The SMILES string of the molecule is C=Cc1c(/C=C\C)n(C(/C=C\C)=C(/C)c2ccc(-n3c(/C=C\C)c(C=C)c4ccccc43)cc2)c2ccccc12. The van der Waals surface area contributed by atoms with Crippen LogP contribution in [0.25, 0.3) is 63.1 Å². The summed E-state index contributed by atoms with van der Waals surface area (Å²) in [6.07, 6.45) is 16.8. The van der Waals surface area contributed by atoms with Gasteiger partial charge in [0.05, 0.1) is 22.4 Å². The number of hydrogen-bond donors (Lipinski definition) is 0. The molecule has 3 aromatic carbocycles. The molecule has 5 rings (SSSR count). The van der Waals surface area contributed by atoms with Gasteiger partial charge in [0.2, 0.25) is 0 Å². The monoisotopic (exact) mass is 520 g/mol. The van der Waals surface area contributed by atoms with Crippen molar-refractivity contribution in [3.05, 3.63) is 138 Å². The van der Waals surface area contributed by atoms with E-state index in [0.29, 0.717) is 0 Å². The molecule has 0 unspecified atom stereocenters. The van der Waals surface area contributed by atoms with Gasteiger partial charge in [-0.1, -0.05) is 92.1 Å². The van der Waals surface area contributed by atoms with Crippen LogP contribution >= 0.6 is 0 Å². The summed E-state index contributed by atoms with van der Waals surface area (Å²) in [7, 11) is 0. The minimum atomic E-state index is 1.12. The van der Waals surface area contributed by atoms with E-state index in [1.807, 2.05) is 12.2 Å². The molecule has 0 aliphatic heterocycles. The van der Waals surface area contributed by atoms with E-state index in [1.54, 1.807) is 0 Å². The molecule has 0 aliphatic rings. The molecule has 0 saturated carbocycles. The fourth-order valence-corrected chi connectivity index (χ4v) is 5.71. The summed E-state index contributed by atoms with van der Waals surface area (Å²) in [4.78, 5) is 0. The number of rotatable bonds is 8. The summed E-state index contributed by atoms with van der Waals surface area (Å²) in [5, 5.41) is 2.40. The van der Waals surface area contributed by atoms with Crippen LogP contribution in [0.15, 0.2) is 110 Å². The Kier molecular flexibility index (Phi) is 7.70. The third-order valence-corrected chi connectivity index (χ3v) is 7.47. The number of aromatic nitrogens is 2. The molecule has 0 saturated heterocycles. The molecular weight excluding hydrogens is 484 g/mol. The molecule has 0 fully saturated rings. The summed E-state index contributed by atoms with van der Waals surface area (Å²) in [5.41, 5.74) is 11.5. The van der Waals surface area contributed by atoms with Gasteiger partial charge in [0, 0.05) is 33.3 Å². The molecule has 0 aliphatic carbocycles. The van der Waals surface area contributed by atoms with Gasteiger partial charge in [-0.15, -0.1) is 0 Å². The largest absolute Gasteiger partial charge is 0.309 e. The first-order valence-corrected chi connectivity index (χ1v) is 13.8. The second-order valence-electron chi connectivity index (χ2n) is 9.77. The van der Waals surface area contributed by atoms with Gasteiger partial charge in [0.1, 0.15) is 0 Å². The van der Waals surface area contributed by atoms with E-state index in [1.165, 1.54) is 32.9 Å². The zero-order valence-corrected chi connectivity index (χ0v) is 23.9. The van der Waals surface area contributed by atoms with Crippen LogP contribution in [0.2, 0.25) is 0 Å². The van der Waals surface area contributed by atoms with Crippen molar-refractivity contribution in [2.45, 2.75) is 27.7 Å². The van der Waals surface area contributed by atoms with Crippen LogP contribution < -0.4 is 0 Å². The number of fused-ring (bicyclic) bond motifs is 2. The van der Waals surface area contributed by atoms with E-state index in [9.17, 15) is 0 Å². The van der Waals surface area contributed by atoms with Gasteiger partial charge in [0.25, 0.3) is 0 Å². The first-order chi connectivity index (χ1) is 19.6. The highest BCUT2D eigenvalue weighted by molar-refractivity contribution is 6.00. The Morgan fingerprint density at radius 1 is 0.650 bits per heavy atom. The highest BCUT2D eigenvalue weighted by Crippen LogP contribution is 2.36. The van der Waals surface area contributed by atoms with E-state index in [-0.39, 0.29) is 0 Å². The summed E-state index contributed by atoms with van der Waals surface area (Å²) in [6, 6.07) is 26.0. The number of nitrogens with zero attached hydrogens (tertiary/aromatic N) is 2. The molecule has 2 aromatic heterocycles. The molecule has 40 heavy (non-hydrogen) atoms. The zero-order valence-electron chi connectivity index (χ0n) is 23.9. The first kappa shape index (κ1) is 26.8. The van der Waals surface area contributed by atoms with Crippen molar-refractivity contribution >= 4 is 57.4 Å². The van der Waals surface area contributed by atoms with Crippen LogP contribution in [-0.4, -0.2) is 9.13 Å². The summed E-state index contributed by atoms with van der Waals surface area (Å²) < 4.78 is 4.68. The number of allylic oxidation sites excluding steroid dienone is 6. The van der Waals surface area contributed by atoms with Gasteiger partial charge in [-0.25, -0.2) is 0 Å². The van der Waals surface area contributed by atoms with E-state index >= 15 is 0 Å². The van der Waals surface area contributed by atoms with E-state index in [2.05, 4.69) is 159 Å². The average Bonchev–Trinajstić information content (AvgIpc) is 3.47. The molecule has 0 bridgehead atoms. The molecule has 198 valence electrons. The van der Waals surface area contributed by atoms with Gasteiger partial charge in [-0.3, -0.25) is 0 Å². The molecule has 0 N–H and O–H groups in total. The molecule has 0 radical (unpaired) electrons. The van der Waals surface area contributed by atoms with Gasteiger partial charge in [0.15, 0.2) is 0 Å². The van der Waals surface area contributed by atoms with Crippen LogP contribution in [-0.2, 0) is 0 Å². The van der Waals surface area contributed by atoms with Crippen LogP contribution in [0.4, 0.5) is 0 Å². The van der Waals surface area contributed by atoms with Crippen LogP contribution in [0.3, 0.4) is 0 Å².